The predicted octanol–water partition coefficient (Wildman–Crippen LogP) is 4.34. The van der Waals surface area contributed by atoms with Gasteiger partial charge in [0, 0.05) is 11.0 Å². The Morgan fingerprint density at radius 2 is 1.50 bits per heavy atom. The van der Waals surface area contributed by atoms with E-state index in [4.69, 9.17) is 4.74 Å². The highest BCUT2D eigenvalue weighted by Gasteiger charge is 2.15. The summed E-state index contributed by atoms with van der Waals surface area (Å²) in [5.74, 6) is 0.800. The van der Waals surface area contributed by atoms with Crippen LogP contribution in [0.2, 0.25) is 0 Å². The minimum Gasteiger partial charge on any atom is -0.491 e. The number of benzene rings is 2. The highest BCUT2D eigenvalue weighted by Crippen LogP contribution is 2.24. The van der Waals surface area contributed by atoms with Crippen molar-refractivity contribution in [2.45, 2.75) is 25.4 Å². The van der Waals surface area contributed by atoms with Crippen LogP contribution in [0.1, 0.15) is 19.3 Å². The average molecular weight is 390 g/mol. The molecule has 4 heteroatoms. The average Bonchev–Trinajstić information content (AvgIpc) is 2.62. The van der Waals surface area contributed by atoms with Gasteiger partial charge in [-0.3, -0.25) is 0 Å². The molecular weight excluding hydrogens is 366 g/mol. The molecule has 0 aromatic heterocycles. The molecule has 2 aromatic rings. The lowest BCUT2D eigenvalue weighted by molar-refractivity contribution is 0.0617. The molecule has 1 aliphatic rings. The van der Waals surface area contributed by atoms with Crippen LogP contribution >= 0.6 is 15.9 Å². The van der Waals surface area contributed by atoms with Crippen LogP contribution in [0.4, 0.5) is 0 Å². The van der Waals surface area contributed by atoms with Gasteiger partial charge in [0.05, 0.1) is 0 Å². The fourth-order valence-electron chi connectivity index (χ4n) is 3.07. The number of β-amino-alcohol motifs (C(OH)–C–C–N with tert-alkyl or cyclic N) is 1. The van der Waals surface area contributed by atoms with E-state index in [1.165, 1.54) is 24.8 Å². The van der Waals surface area contributed by atoms with E-state index in [9.17, 15) is 5.11 Å². The van der Waals surface area contributed by atoms with Crippen LogP contribution in [-0.2, 0) is 0 Å². The smallest absolute Gasteiger partial charge is 0.119 e. The first-order valence-corrected chi connectivity index (χ1v) is 9.39. The van der Waals surface area contributed by atoms with Crippen LogP contribution in [0.15, 0.2) is 53.0 Å². The summed E-state index contributed by atoms with van der Waals surface area (Å²) >= 11 is 3.45. The largest absolute Gasteiger partial charge is 0.491 e. The Kier molecular flexibility index (Phi) is 6.30. The van der Waals surface area contributed by atoms with Gasteiger partial charge in [0.1, 0.15) is 18.5 Å². The van der Waals surface area contributed by atoms with E-state index in [-0.39, 0.29) is 0 Å². The van der Waals surface area contributed by atoms with Crippen molar-refractivity contribution in [2.24, 2.45) is 0 Å². The van der Waals surface area contributed by atoms with Crippen LogP contribution < -0.4 is 4.74 Å². The molecule has 3 nitrogen and oxygen atoms in total. The molecule has 0 saturated carbocycles. The Balaban J connectivity index is 1.49. The van der Waals surface area contributed by atoms with Crippen LogP contribution in [0, 0.1) is 0 Å². The first-order chi connectivity index (χ1) is 11.7. The fourth-order valence-corrected chi connectivity index (χ4v) is 3.34. The van der Waals surface area contributed by atoms with Crippen molar-refractivity contribution >= 4 is 15.9 Å². The molecule has 1 saturated heterocycles. The summed E-state index contributed by atoms with van der Waals surface area (Å²) in [5, 5.41) is 10.2. The highest BCUT2D eigenvalue weighted by atomic mass is 79.9. The number of ether oxygens (including phenoxy) is 1. The molecule has 1 heterocycles. The summed E-state index contributed by atoms with van der Waals surface area (Å²) in [5.41, 5.74) is 2.33. The number of nitrogens with zero attached hydrogens (tertiary/aromatic N) is 1. The second-order valence-electron chi connectivity index (χ2n) is 6.36. The summed E-state index contributed by atoms with van der Waals surface area (Å²) in [7, 11) is 0. The highest BCUT2D eigenvalue weighted by molar-refractivity contribution is 9.10. The molecule has 0 bridgehead atoms. The number of halogens is 1. The number of hydrogen-bond acceptors (Lipinski definition) is 3. The molecule has 2 aromatic carbocycles. The van der Waals surface area contributed by atoms with Gasteiger partial charge in [-0.25, -0.2) is 0 Å². The molecule has 0 spiro atoms. The molecule has 3 rings (SSSR count). The molecule has 1 aliphatic heterocycles. The van der Waals surface area contributed by atoms with Crippen LogP contribution in [0.5, 0.6) is 5.75 Å². The van der Waals surface area contributed by atoms with Gasteiger partial charge in [0.25, 0.3) is 0 Å². The maximum absolute atomic E-state index is 10.2. The molecular formula is C20H24BrNO2. The Labute approximate surface area is 152 Å². The quantitative estimate of drug-likeness (QED) is 0.797. The third kappa shape index (κ3) is 5.07. The summed E-state index contributed by atoms with van der Waals surface area (Å²) in [4.78, 5) is 2.33. The lowest BCUT2D eigenvalue weighted by atomic mass is 10.1. The van der Waals surface area contributed by atoms with E-state index in [1.54, 1.807) is 0 Å². The van der Waals surface area contributed by atoms with Crippen molar-refractivity contribution in [1.82, 2.24) is 4.90 Å². The molecule has 0 aliphatic carbocycles. The Morgan fingerprint density at radius 1 is 0.917 bits per heavy atom. The van der Waals surface area contributed by atoms with Gasteiger partial charge in [-0.05, 0) is 61.3 Å². The summed E-state index contributed by atoms with van der Waals surface area (Å²) < 4.78 is 6.81. The van der Waals surface area contributed by atoms with E-state index >= 15 is 0 Å². The molecule has 1 fully saturated rings. The van der Waals surface area contributed by atoms with Gasteiger partial charge in [0.15, 0.2) is 0 Å². The second-order valence-corrected chi connectivity index (χ2v) is 7.27. The maximum atomic E-state index is 10.2. The van der Waals surface area contributed by atoms with Crippen molar-refractivity contribution in [2.75, 3.05) is 26.2 Å². The summed E-state index contributed by atoms with van der Waals surface area (Å²) in [6, 6.07) is 16.3. The fraction of sp³-hybridized carbons (Fsp3) is 0.400. The van der Waals surface area contributed by atoms with Gasteiger partial charge >= 0.3 is 0 Å². The molecule has 1 unspecified atom stereocenters. The first-order valence-electron chi connectivity index (χ1n) is 8.60. The molecule has 1 atom stereocenters. The molecule has 0 radical (unpaired) electrons. The Bertz CT molecular complexity index is 621. The number of piperidine rings is 1. The minimum atomic E-state index is -0.436. The van der Waals surface area contributed by atoms with Gasteiger partial charge < -0.3 is 14.7 Å². The van der Waals surface area contributed by atoms with E-state index in [2.05, 4.69) is 45.1 Å². The maximum Gasteiger partial charge on any atom is 0.119 e. The van der Waals surface area contributed by atoms with Gasteiger partial charge in [-0.1, -0.05) is 46.6 Å². The van der Waals surface area contributed by atoms with E-state index in [0.29, 0.717) is 13.2 Å². The normalized spacial score (nSPS) is 16.8. The third-order valence-corrected chi connectivity index (χ3v) is 4.92. The standard InChI is InChI=1S/C20H24BrNO2/c21-18-8-4-16(5-9-18)17-6-10-20(11-7-17)24-15-19(23)14-22-12-2-1-3-13-22/h4-11,19,23H,1-3,12-15H2. The van der Waals surface area contributed by atoms with Crippen molar-refractivity contribution < 1.29 is 9.84 Å². The summed E-state index contributed by atoms with van der Waals surface area (Å²) in [6.45, 7) is 3.24. The van der Waals surface area contributed by atoms with Crippen molar-refractivity contribution in [3.05, 3.63) is 53.0 Å². The summed E-state index contributed by atoms with van der Waals surface area (Å²) in [6.07, 6.45) is 3.36. The predicted molar refractivity (Wildman–Crippen MR) is 101 cm³/mol. The third-order valence-electron chi connectivity index (χ3n) is 4.39. The molecule has 128 valence electrons. The van der Waals surface area contributed by atoms with Crippen molar-refractivity contribution in [3.63, 3.8) is 0 Å². The number of hydrogen-bond donors (Lipinski definition) is 1. The SMILES string of the molecule is OC(COc1ccc(-c2ccc(Br)cc2)cc1)CN1CCCCC1. The molecule has 0 amide bonds. The zero-order valence-electron chi connectivity index (χ0n) is 13.8. The molecule has 1 N–H and O–H groups in total. The van der Waals surface area contributed by atoms with Gasteiger partial charge in [-0.2, -0.15) is 0 Å². The lowest BCUT2D eigenvalue weighted by Crippen LogP contribution is -2.38. The lowest BCUT2D eigenvalue weighted by Gasteiger charge is -2.28. The molecule has 24 heavy (non-hydrogen) atoms. The van der Waals surface area contributed by atoms with E-state index in [1.807, 2.05) is 24.3 Å². The van der Waals surface area contributed by atoms with Gasteiger partial charge in [0.2, 0.25) is 0 Å². The van der Waals surface area contributed by atoms with Crippen LogP contribution in [0.3, 0.4) is 0 Å². The van der Waals surface area contributed by atoms with Crippen molar-refractivity contribution in [3.8, 4) is 16.9 Å². The zero-order chi connectivity index (χ0) is 16.8. The second kappa shape index (κ2) is 8.65. The topological polar surface area (TPSA) is 32.7 Å². The van der Waals surface area contributed by atoms with E-state index < -0.39 is 6.10 Å². The van der Waals surface area contributed by atoms with Crippen LogP contribution in [-0.4, -0.2) is 42.4 Å². The zero-order valence-corrected chi connectivity index (χ0v) is 15.4. The first kappa shape index (κ1) is 17.5. The van der Waals surface area contributed by atoms with E-state index in [0.717, 1.165) is 28.9 Å². The van der Waals surface area contributed by atoms with Crippen molar-refractivity contribution in [1.29, 1.82) is 0 Å². The monoisotopic (exact) mass is 389 g/mol. The number of aliphatic hydroxyl groups excluding tert-OH is 1. The number of aliphatic hydroxyl groups is 1. The number of likely N-dealkylation sites (tertiary alicyclic amines) is 1. The number of rotatable bonds is 6. The minimum absolute atomic E-state index is 0.341. The van der Waals surface area contributed by atoms with Crippen LogP contribution in [0.25, 0.3) is 11.1 Å². The Hall–Kier alpha value is -1.36. The van der Waals surface area contributed by atoms with Gasteiger partial charge in [-0.15, -0.1) is 0 Å². The Morgan fingerprint density at radius 3 is 2.12 bits per heavy atom.